The van der Waals surface area contributed by atoms with E-state index in [1.54, 1.807) is 0 Å². The summed E-state index contributed by atoms with van der Waals surface area (Å²) in [6.45, 7) is 0.696. The summed E-state index contributed by atoms with van der Waals surface area (Å²) < 4.78 is 0. The Morgan fingerprint density at radius 1 is 1.05 bits per heavy atom. The number of aliphatic hydroxyl groups excluding tert-OH is 1. The molecule has 0 spiro atoms. The van der Waals surface area contributed by atoms with Crippen LogP contribution in [0, 0.1) is 29.1 Å². The van der Waals surface area contributed by atoms with Crippen LogP contribution in [0.3, 0.4) is 0 Å². The molecule has 5 aliphatic rings. The maximum atomic E-state index is 12.8. The van der Waals surface area contributed by atoms with Crippen molar-refractivity contribution in [1.29, 1.82) is 0 Å². The van der Waals surface area contributed by atoms with E-state index in [2.05, 4.69) is 5.32 Å². The van der Waals surface area contributed by atoms with E-state index in [9.17, 15) is 9.90 Å². The lowest BCUT2D eigenvalue weighted by Gasteiger charge is -2.55. The lowest BCUT2D eigenvalue weighted by molar-refractivity contribution is -0.146. The molecular weight excluding hydrogens is 250 g/mol. The van der Waals surface area contributed by atoms with Crippen LogP contribution in [-0.4, -0.2) is 23.7 Å². The third kappa shape index (κ3) is 2.09. The van der Waals surface area contributed by atoms with Gasteiger partial charge in [-0.25, -0.2) is 0 Å². The van der Waals surface area contributed by atoms with Gasteiger partial charge in [0.05, 0.1) is 6.10 Å². The highest BCUT2D eigenvalue weighted by Gasteiger charge is 2.54. The molecule has 20 heavy (non-hydrogen) atoms. The molecule has 0 aromatic rings. The van der Waals surface area contributed by atoms with Gasteiger partial charge in [0.25, 0.3) is 0 Å². The summed E-state index contributed by atoms with van der Waals surface area (Å²) in [7, 11) is 0. The molecule has 0 saturated heterocycles. The smallest absolute Gasteiger partial charge is 0.226 e. The first-order valence-electron chi connectivity index (χ1n) is 8.61. The number of hydrogen-bond acceptors (Lipinski definition) is 2. The summed E-state index contributed by atoms with van der Waals surface area (Å²) in [4.78, 5) is 12.8. The van der Waals surface area contributed by atoms with Crippen molar-refractivity contribution in [1.82, 2.24) is 5.32 Å². The number of rotatable bonds is 3. The van der Waals surface area contributed by atoms with Crippen LogP contribution in [0.1, 0.15) is 57.8 Å². The molecule has 3 heteroatoms. The van der Waals surface area contributed by atoms with Crippen molar-refractivity contribution in [2.24, 2.45) is 29.1 Å². The van der Waals surface area contributed by atoms with Crippen molar-refractivity contribution < 1.29 is 9.90 Å². The maximum Gasteiger partial charge on any atom is 0.226 e. The topological polar surface area (TPSA) is 49.3 Å². The summed E-state index contributed by atoms with van der Waals surface area (Å²) in [5.41, 5.74) is -0.0295. The molecule has 4 bridgehead atoms. The Balaban J connectivity index is 1.40. The van der Waals surface area contributed by atoms with Gasteiger partial charge in [-0.1, -0.05) is 6.42 Å². The van der Waals surface area contributed by atoms with Gasteiger partial charge in [-0.15, -0.1) is 0 Å². The first kappa shape index (κ1) is 13.1. The molecule has 5 fully saturated rings. The molecule has 5 saturated carbocycles. The highest BCUT2D eigenvalue weighted by Crippen LogP contribution is 2.60. The predicted octanol–water partition coefficient (Wildman–Crippen LogP) is 2.48. The van der Waals surface area contributed by atoms with Crippen molar-refractivity contribution in [3.63, 3.8) is 0 Å². The molecule has 112 valence electrons. The summed E-state index contributed by atoms with van der Waals surface area (Å²) in [6.07, 6.45) is 10.5. The Hall–Kier alpha value is -0.570. The molecule has 5 aliphatic carbocycles. The largest absolute Gasteiger partial charge is 0.393 e. The predicted molar refractivity (Wildman–Crippen MR) is 77.0 cm³/mol. The van der Waals surface area contributed by atoms with Gasteiger partial charge in [0.2, 0.25) is 5.91 Å². The molecule has 0 radical (unpaired) electrons. The Bertz CT molecular complexity index is 371. The standard InChI is InChI=1S/C17H27NO2/c19-15-3-1-2-14(15)10-18-16(20)17-7-11-4-12(8-17)6-13(5-11)9-17/h11-15,19H,1-10H2,(H,18,20). The molecule has 1 amide bonds. The summed E-state index contributed by atoms with van der Waals surface area (Å²) in [5, 5.41) is 13.1. The van der Waals surface area contributed by atoms with Gasteiger partial charge in [0, 0.05) is 17.9 Å². The number of carbonyl (C=O) groups excluding carboxylic acids is 1. The van der Waals surface area contributed by atoms with Crippen LogP contribution in [0.25, 0.3) is 0 Å². The van der Waals surface area contributed by atoms with Gasteiger partial charge in [0.1, 0.15) is 0 Å². The molecule has 0 aromatic carbocycles. The average molecular weight is 277 g/mol. The first-order valence-corrected chi connectivity index (χ1v) is 8.61. The van der Waals surface area contributed by atoms with Crippen LogP contribution in [0.2, 0.25) is 0 Å². The van der Waals surface area contributed by atoms with Gasteiger partial charge in [-0.05, 0) is 69.1 Å². The number of carbonyl (C=O) groups is 1. The molecule has 2 atom stereocenters. The average Bonchev–Trinajstić information content (AvgIpc) is 2.80. The monoisotopic (exact) mass is 277 g/mol. The quantitative estimate of drug-likeness (QED) is 0.832. The van der Waals surface area contributed by atoms with E-state index in [-0.39, 0.29) is 11.5 Å². The van der Waals surface area contributed by atoms with E-state index in [4.69, 9.17) is 0 Å². The molecule has 0 aromatic heterocycles. The zero-order valence-electron chi connectivity index (χ0n) is 12.3. The fraction of sp³-hybridized carbons (Fsp3) is 0.941. The van der Waals surface area contributed by atoms with Gasteiger partial charge in [0.15, 0.2) is 0 Å². The highest BCUT2D eigenvalue weighted by molar-refractivity contribution is 5.83. The van der Waals surface area contributed by atoms with E-state index in [0.717, 1.165) is 56.3 Å². The Morgan fingerprint density at radius 3 is 2.15 bits per heavy atom. The van der Waals surface area contributed by atoms with Gasteiger partial charge in [-0.3, -0.25) is 4.79 Å². The Labute approximate surface area is 121 Å². The third-order valence-corrected chi connectivity index (χ3v) is 6.66. The van der Waals surface area contributed by atoms with E-state index in [1.807, 2.05) is 0 Å². The van der Waals surface area contributed by atoms with Crippen LogP contribution >= 0.6 is 0 Å². The number of nitrogens with one attached hydrogen (secondary N) is 1. The van der Waals surface area contributed by atoms with E-state index >= 15 is 0 Å². The van der Waals surface area contributed by atoms with Gasteiger partial charge >= 0.3 is 0 Å². The van der Waals surface area contributed by atoms with Crippen LogP contribution in [0.4, 0.5) is 0 Å². The Morgan fingerprint density at radius 2 is 1.65 bits per heavy atom. The second-order valence-electron chi connectivity index (χ2n) is 8.17. The number of aliphatic hydroxyl groups is 1. The Kier molecular flexibility index (Phi) is 3.10. The summed E-state index contributed by atoms with van der Waals surface area (Å²) >= 11 is 0. The van der Waals surface area contributed by atoms with Crippen molar-refractivity contribution in [2.75, 3.05) is 6.54 Å². The van der Waals surface area contributed by atoms with Crippen LogP contribution in [-0.2, 0) is 4.79 Å². The fourth-order valence-corrected chi connectivity index (χ4v) is 6.06. The molecular formula is C17H27NO2. The minimum Gasteiger partial charge on any atom is -0.393 e. The van der Waals surface area contributed by atoms with E-state index in [1.165, 1.54) is 19.3 Å². The first-order chi connectivity index (χ1) is 9.64. The van der Waals surface area contributed by atoms with Crippen molar-refractivity contribution in [3.05, 3.63) is 0 Å². The highest BCUT2D eigenvalue weighted by atomic mass is 16.3. The van der Waals surface area contributed by atoms with E-state index < -0.39 is 0 Å². The zero-order valence-corrected chi connectivity index (χ0v) is 12.3. The second kappa shape index (κ2) is 4.72. The second-order valence-corrected chi connectivity index (χ2v) is 8.17. The summed E-state index contributed by atoms with van der Waals surface area (Å²) in [5.74, 6) is 3.08. The van der Waals surface area contributed by atoms with Crippen molar-refractivity contribution in [2.45, 2.75) is 63.9 Å². The minimum absolute atomic E-state index is 0.0295. The third-order valence-electron chi connectivity index (χ3n) is 6.66. The van der Waals surface area contributed by atoms with Crippen LogP contribution in [0.15, 0.2) is 0 Å². The minimum atomic E-state index is -0.188. The fourth-order valence-electron chi connectivity index (χ4n) is 6.06. The van der Waals surface area contributed by atoms with E-state index in [0.29, 0.717) is 18.4 Å². The van der Waals surface area contributed by atoms with Crippen LogP contribution in [0.5, 0.6) is 0 Å². The van der Waals surface area contributed by atoms with Gasteiger partial charge in [-0.2, -0.15) is 0 Å². The summed E-state index contributed by atoms with van der Waals surface area (Å²) in [6, 6.07) is 0. The molecule has 2 unspecified atom stereocenters. The number of amides is 1. The molecule has 5 rings (SSSR count). The molecule has 2 N–H and O–H groups in total. The van der Waals surface area contributed by atoms with Gasteiger partial charge < -0.3 is 10.4 Å². The normalized spacial score (nSPS) is 49.5. The van der Waals surface area contributed by atoms with Crippen molar-refractivity contribution in [3.8, 4) is 0 Å². The van der Waals surface area contributed by atoms with Crippen LogP contribution < -0.4 is 5.32 Å². The molecule has 3 nitrogen and oxygen atoms in total. The SMILES string of the molecule is O=C(NCC1CCCC1O)C12CC3CC(CC(C3)C1)C2. The zero-order chi connectivity index (χ0) is 13.7. The molecule has 0 heterocycles. The van der Waals surface area contributed by atoms with Crippen molar-refractivity contribution >= 4 is 5.91 Å². The lowest BCUT2D eigenvalue weighted by atomic mass is 9.49. The number of hydrogen-bond donors (Lipinski definition) is 2. The molecule has 0 aliphatic heterocycles. The lowest BCUT2D eigenvalue weighted by Crippen LogP contribution is -2.54. The maximum absolute atomic E-state index is 12.8.